The van der Waals surface area contributed by atoms with Gasteiger partial charge in [0.15, 0.2) is 0 Å². The lowest BCUT2D eigenvalue weighted by atomic mass is 10.2. The van der Waals surface area contributed by atoms with Gasteiger partial charge in [-0.3, -0.25) is 0 Å². The molecule has 1 aromatic carbocycles. The molecule has 0 amide bonds. The fraction of sp³-hybridized carbons (Fsp3) is 0.333. The van der Waals surface area contributed by atoms with Crippen LogP contribution < -0.4 is 10.1 Å². The second kappa shape index (κ2) is 7.10. The van der Waals surface area contributed by atoms with E-state index in [9.17, 15) is 8.78 Å². The summed E-state index contributed by atoms with van der Waals surface area (Å²) in [7, 11) is 0. The van der Waals surface area contributed by atoms with Gasteiger partial charge in [0.2, 0.25) is 0 Å². The van der Waals surface area contributed by atoms with Crippen molar-refractivity contribution in [1.29, 1.82) is 0 Å². The maximum absolute atomic E-state index is 12.1. The Hall–Kier alpha value is -1.31. The van der Waals surface area contributed by atoms with Gasteiger partial charge in [0, 0.05) is 30.1 Å². The van der Waals surface area contributed by atoms with Crippen LogP contribution in [0.25, 0.3) is 0 Å². The first-order valence-corrected chi connectivity index (χ1v) is 5.38. The summed E-state index contributed by atoms with van der Waals surface area (Å²) in [5, 5.41) is 3.49. The molecule has 92 valence electrons. The molecule has 0 aliphatic carbocycles. The summed E-state index contributed by atoms with van der Waals surface area (Å²) in [6.07, 6.45) is 5.67. The Labute approximate surface area is 104 Å². The standard InChI is InChI=1S/C12H12ClF2NO/c1-2-3-6-16-8-9-7-10(13)4-5-11(9)17-12(14)15/h1,4-5,7,12,16H,3,6,8H2. The van der Waals surface area contributed by atoms with E-state index >= 15 is 0 Å². The minimum Gasteiger partial charge on any atom is -0.434 e. The summed E-state index contributed by atoms with van der Waals surface area (Å²) in [5.74, 6) is 2.60. The molecule has 17 heavy (non-hydrogen) atoms. The maximum atomic E-state index is 12.1. The predicted molar refractivity (Wildman–Crippen MR) is 63.2 cm³/mol. The molecule has 1 aromatic rings. The van der Waals surface area contributed by atoms with Crippen molar-refractivity contribution in [2.75, 3.05) is 6.54 Å². The van der Waals surface area contributed by atoms with E-state index in [2.05, 4.69) is 16.0 Å². The normalized spacial score (nSPS) is 10.3. The van der Waals surface area contributed by atoms with Crippen LogP contribution in [0.5, 0.6) is 5.75 Å². The van der Waals surface area contributed by atoms with Gasteiger partial charge in [-0.25, -0.2) is 0 Å². The van der Waals surface area contributed by atoms with Crippen molar-refractivity contribution in [3.63, 3.8) is 0 Å². The van der Waals surface area contributed by atoms with Crippen LogP contribution in [0.1, 0.15) is 12.0 Å². The highest BCUT2D eigenvalue weighted by Gasteiger charge is 2.09. The Morgan fingerprint density at radius 3 is 2.88 bits per heavy atom. The molecule has 0 spiro atoms. The number of ether oxygens (including phenoxy) is 1. The van der Waals surface area contributed by atoms with E-state index in [-0.39, 0.29) is 5.75 Å². The summed E-state index contributed by atoms with van der Waals surface area (Å²) in [6.45, 7) is -1.86. The number of hydrogen-bond acceptors (Lipinski definition) is 2. The number of nitrogens with one attached hydrogen (secondary N) is 1. The smallest absolute Gasteiger partial charge is 0.387 e. The Kier molecular flexibility index (Phi) is 5.75. The third kappa shape index (κ3) is 5.03. The van der Waals surface area contributed by atoms with Gasteiger partial charge in [-0.15, -0.1) is 12.3 Å². The second-order valence-electron chi connectivity index (χ2n) is 3.26. The molecule has 0 saturated carbocycles. The van der Waals surface area contributed by atoms with Gasteiger partial charge in [-0.2, -0.15) is 8.78 Å². The monoisotopic (exact) mass is 259 g/mol. The number of halogens is 3. The van der Waals surface area contributed by atoms with Crippen LogP contribution in [-0.4, -0.2) is 13.2 Å². The number of alkyl halides is 2. The van der Waals surface area contributed by atoms with Crippen molar-refractivity contribution in [2.24, 2.45) is 0 Å². The summed E-state index contributed by atoms with van der Waals surface area (Å²) in [6, 6.07) is 4.51. The fourth-order valence-corrected chi connectivity index (χ4v) is 1.48. The summed E-state index contributed by atoms with van der Waals surface area (Å²) >= 11 is 5.79. The Morgan fingerprint density at radius 2 is 2.24 bits per heavy atom. The van der Waals surface area contributed by atoms with Gasteiger partial charge in [-0.05, 0) is 18.2 Å². The van der Waals surface area contributed by atoms with Gasteiger partial charge in [0.05, 0.1) is 0 Å². The Morgan fingerprint density at radius 1 is 1.47 bits per heavy atom. The molecule has 2 nitrogen and oxygen atoms in total. The van der Waals surface area contributed by atoms with Gasteiger partial charge >= 0.3 is 6.61 Å². The molecular weight excluding hydrogens is 248 g/mol. The molecule has 0 heterocycles. The zero-order chi connectivity index (χ0) is 12.7. The second-order valence-corrected chi connectivity index (χ2v) is 3.70. The van der Waals surface area contributed by atoms with Crippen LogP contribution >= 0.6 is 11.6 Å². The van der Waals surface area contributed by atoms with Crippen LogP contribution in [0.15, 0.2) is 18.2 Å². The Bertz CT molecular complexity index is 404. The third-order valence-corrected chi connectivity index (χ3v) is 2.24. The molecule has 5 heteroatoms. The first-order chi connectivity index (χ1) is 8.13. The molecule has 0 bridgehead atoms. The molecule has 0 unspecified atom stereocenters. The number of benzene rings is 1. The zero-order valence-corrected chi connectivity index (χ0v) is 9.81. The molecule has 0 aromatic heterocycles. The summed E-state index contributed by atoms with van der Waals surface area (Å²) in [5.41, 5.74) is 0.579. The Balaban J connectivity index is 2.66. The van der Waals surface area contributed by atoms with Crippen molar-refractivity contribution < 1.29 is 13.5 Å². The molecule has 1 N–H and O–H groups in total. The van der Waals surface area contributed by atoms with E-state index in [0.717, 1.165) is 0 Å². The highest BCUT2D eigenvalue weighted by molar-refractivity contribution is 6.30. The van der Waals surface area contributed by atoms with E-state index in [1.54, 1.807) is 6.07 Å². The van der Waals surface area contributed by atoms with E-state index in [4.69, 9.17) is 18.0 Å². The average molecular weight is 260 g/mol. The first kappa shape index (κ1) is 13.8. The largest absolute Gasteiger partial charge is 0.434 e. The molecule has 0 radical (unpaired) electrons. The zero-order valence-electron chi connectivity index (χ0n) is 9.05. The van der Waals surface area contributed by atoms with Crippen molar-refractivity contribution in [1.82, 2.24) is 5.32 Å². The molecular formula is C12H12ClF2NO. The van der Waals surface area contributed by atoms with E-state index in [1.807, 2.05) is 0 Å². The van der Waals surface area contributed by atoms with Gasteiger partial charge in [0.25, 0.3) is 0 Å². The number of hydrogen-bond donors (Lipinski definition) is 1. The van der Waals surface area contributed by atoms with Crippen LogP contribution in [0.3, 0.4) is 0 Å². The molecule has 0 aliphatic heterocycles. The van der Waals surface area contributed by atoms with Crippen molar-refractivity contribution in [3.8, 4) is 18.1 Å². The van der Waals surface area contributed by atoms with Crippen molar-refractivity contribution in [3.05, 3.63) is 28.8 Å². The number of terminal acetylenes is 1. The average Bonchev–Trinajstić information content (AvgIpc) is 2.27. The minimum atomic E-state index is -2.85. The highest BCUT2D eigenvalue weighted by Crippen LogP contribution is 2.24. The summed E-state index contributed by atoms with van der Waals surface area (Å²) in [4.78, 5) is 0. The van der Waals surface area contributed by atoms with Crippen LogP contribution in [-0.2, 0) is 6.54 Å². The highest BCUT2D eigenvalue weighted by atomic mass is 35.5. The molecule has 0 saturated heterocycles. The van der Waals surface area contributed by atoms with Crippen LogP contribution in [0.4, 0.5) is 8.78 Å². The molecule has 0 fully saturated rings. The van der Waals surface area contributed by atoms with E-state index < -0.39 is 6.61 Å². The lowest BCUT2D eigenvalue weighted by molar-refractivity contribution is -0.0504. The fourth-order valence-electron chi connectivity index (χ4n) is 1.28. The maximum Gasteiger partial charge on any atom is 0.387 e. The van der Waals surface area contributed by atoms with E-state index in [0.29, 0.717) is 30.1 Å². The molecule has 0 atom stereocenters. The van der Waals surface area contributed by atoms with Gasteiger partial charge in [0.1, 0.15) is 5.75 Å². The molecule has 1 rings (SSSR count). The van der Waals surface area contributed by atoms with Crippen molar-refractivity contribution in [2.45, 2.75) is 19.6 Å². The minimum absolute atomic E-state index is 0.123. The predicted octanol–water partition coefficient (Wildman–Crippen LogP) is 3.05. The summed E-state index contributed by atoms with van der Waals surface area (Å²) < 4.78 is 28.7. The van der Waals surface area contributed by atoms with Crippen molar-refractivity contribution >= 4 is 11.6 Å². The first-order valence-electron chi connectivity index (χ1n) is 5.01. The third-order valence-electron chi connectivity index (χ3n) is 2.00. The SMILES string of the molecule is C#CCCNCc1cc(Cl)ccc1OC(F)F. The lowest BCUT2D eigenvalue weighted by Gasteiger charge is -2.11. The van der Waals surface area contributed by atoms with Crippen LogP contribution in [0, 0.1) is 12.3 Å². The quantitative estimate of drug-likeness (QED) is 0.626. The number of rotatable bonds is 6. The molecule has 0 aliphatic rings. The van der Waals surface area contributed by atoms with Gasteiger partial charge in [-0.1, -0.05) is 11.6 Å². The topological polar surface area (TPSA) is 21.3 Å². The lowest BCUT2D eigenvalue weighted by Crippen LogP contribution is -2.15. The van der Waals surface area contributed by atoms with Gasteiger partial charge < -0.3 is 10.1 Å². The van der Waals surface area contributed by atoms with Crippen LogP contribution in [0.2, 0.25) is 5.02 Å². The van der Waals surface area contributed by atoms with E-state index in [1.165, 1.54) is 12.1 Å².